The SMILES string of the molecule is Cc1ccc(S(=O)(=O)N(CC(=O)Nc2ccc(I)cc2)Cc2ccc(Cl)c(Cl)c2)cc1. The number of halogens is 3. The van der Waals surface area contributed by atoms with Crippen molar-refractivity contribution in [3.05, 3.63) is 91.5 Å². The highest BCUT2D eigenvalue weighted by Crippen LogP contribution is 2.25. The lowest BCUT2D eigenvalue weighted by Crippen LogP contribution is -2.37. The maximum absolute atomic E-state index is 13.3. The quantitative estimate of drug-likeness (QED) is 0.358. The average Bonchev–Trinajstić information content (AvgIpc) is 2.72. The lowest BCUT2D eigenvalue weighted by Gasteiger charge is -2.22. The van der Waals surface area contributed by atoms with Gasteiger partial charge in [0.15, 0.2) is 0 Å². The molecule has 31 heavy (non-hydrogen) atoms. The molecule has 0 fully saturated rings. The van der Waals surface area contributed by atoms with Gasteiger partial charge in [-0.25, -0.2) is 8.42 Å². The molecule has 0 aromatic heterocycles. The Labute approximate surface area is 205 Å². The monoisotopic (exact) mass is 588 g/mol. The Kier molecular flexibility index (Phi) is 7.98. The zero-order valence-electron chi connectivity index (χ0n) is 16.5. The van der Waals surface area contributed by atoms with Crippen molar-refractivity contribution in [3.8, 4) is 0 Å². The Morgan fingerprint density at radius 3 is 2.23 bits per heavy atom. The van der Waals surface area contributed by atoms with Gasteiger partial charge in [0.1, 0.15) is 0 Å². The number of nitrogens with zero attached hydrogens (tertiary/aromatic N) is 1. The van der Waals surface area contributed by atoms with Crippen LogP contribution in [0.4, 0.5) is 5.69 Å². The first-order valence-corrected chi connectivity index (χ1v) is 12.5. The molecule has 0 saturated carbocycles. The molecule has 0 spiro atoms. The maximum atomic E-state index is 13.3. The van der Waals surface area contributed by atoms with Gasteiger partial charge in [-0.2, -0.15) is 4.31 Å². The highest BCUT2D eigenvalue weighted by Gasteiger charge is 2.27. The predicted octanol–water partition coefficient (Wildman–Crippen LogP) is 5.74. The number of aryl methyl sites for hydroxylation is 1. The van der Waals surface area contributed by atoms with Crippen molar-refractivity contribution in [1.29, 1.82) is 0 Å². The third kappa shape index (κ3) is 6.43. The average molecular weight is 589 g/mol. The number of hydrogen-bond donors (Lipinski definition) is 1. The first-order valence-electron chi connectivity index (χ1n) is 9.21. The van der Waals surface area contributed by atoms with E-state index in [2.05, 4.69) is 27.9 Å². The molecule has 9 heteroatoms. The Morgan fingerprint density at radius 2 is 1.61 bits per heavy atom. The summed E-state index contributed by atoms with van der Waals surface area (Å²) in [4.78, 5) is 12.8. The minimum Gasteiger partial charge on any atom is -0.325 e. The van der Waals surface area contributed by atoms with Crippen LogP contribution in [0.3, 0.4) is 0 Å². The summed E-state index contributed by atoms with van der Waals surface area (Å²) in [5, 5.41) is 3.43. The lowest BCUT2D eigenvalue weighted by atomic mass is 10.2. The van der Waals surface area contributed by atoms with Crippen LogP contribution >= 0.6 is 45.8 Å². The molecule has 0 saturated heterocycles. The fourth-order valence-electron chi connectivity index (χ4n) is 2.82. The number of amides is 1. The summed E-state index contributed by atoms with van der Waals surface area (Å²) in [5.74, 6) is -0.447. The highest BCUT2D eigenvalue weighted by molar-refractivity contribution is 14.1. The third-order valence-corrected chi connectivity index (χ3v) is 7.71. The van der Waals surface area contributed by atoms with Crippen LogP contribution in [-0.2, 0) is 21.4 Å². The zero-order valence-corrected chi connectivity index (χ0v) is 21.0. The van der Waals surface area contributed by atoms with Gasteiger partial charge >= 0.3 is 0 Å². The van der Waals surface area contributed by atoms with Gasteiger partial charge in [-0.1, -0.05) is 47.0 Å². The molecule has 0 aliphatic rings. The summed E-state index contributed by atoms with van der Waals surface area (Å²) in [5.41, 5.74) is 2.14. The molecular formula is C22H19Cl2IN2O3S. The first-order chi connectivity index (χ1) is 14.6. The number of hydrogen-bond acceptors (Lipinski definition) is 3. The Morgan fingerprint density at radius 1 is 0.968 bits per heavy atom. The van der Waals surface area contributed by atoms with Crippen molar-refractivity contribution >= 4 is 67.4 Å². The van der Waals surface area contributed by atoms with Gasteiger partial charge < -0.3 is 5.32 Å². The second kappa shape index (κ2) is 10.3. The number of benzene rings is 3. The van der Waals surface area contributed by atoms with E-state index in [4.69, 9.17) is 23.2 Å². The number of rotatable bonds is 7. The van der Waals surface area contributed by atoms with E-state index in [-0.39, 0.29) is 18.0 Å². The lowest BCUT2D eigenvalue weighted by molar-refractivity contribution is -0.116. The van der Waals surface area contributed by atoms with Crippen molar-refractivity contribution in [2.45, 2.75) is 18.4 Å². The molecule has 0 heterocycles. The summed E-state index contributed by atoms with van der Waals surface area (Å²) in [6.45, 7) is 1.48. The van der Waals surface area contributed by atoms with E-state index in [1.54, 1.807) is 42.5 Å². The van der Waals surface area contributed by atoms with E-state index in [0.29, 0.717) is 21.3 Å². The molecule has 3 aromatic carbocycles. The molecule has 1 amide bonds. The van der Waals surface area contributed by atoms with Crippen molar-refractivity contribution in [2.24, 2.45) is 0 Å². The van der Waals surface area contributed by atoms with Crippen LogP contribution < -0.4 is 5.32 Å². The van der Waals surface area contributed by atoms with Crippen LogP contribution in [0.1, 0.15) is 11.1 Å². The zero-order chi connectivity index (χ0) is 22.6. The van der Waals surface area contributed by atoms with Crippen LogP contribution in [0.25, 0.3) is 0 Å². The van der Waals surface area contributed by atoms with Gasteiger partial charge in [0.2, 0.25) is 15.9 Å². The summed E-state index contributed by atoms with van der Waals surface area (Å²) < 4.78 is 28.8. The van der Waals surface area contributed by atoms with Crippen molar-refractivity contribution in [3.63, 3.8) is 0 Å². The minimum absolute atomic E-state index is 0.0345. The summed E-state index contributed by atoms with van der Waals surface area (Å²) in [6.07, 6.45) is 0. The normalized spacial score (nSPS) is 11.5. The third-order valence-electron chi connectivity index (χ3n) is 4.45. The van der Waals surface area contributed by atoms with Crippen molar-refractivity contribution in [1.82, 2.24) is 4.31 Å². The molecule has 3 rings (SSSR count). The number of carbonyl (C=O) groups excluding carboxylic acids is 1. The van der Waals surface area contributed by atoms with Gasteiger partial charge in [0, 0.05) is 15.8 Å². The van der Waals surface area contributed by atoms with Gasteiger partial charge in [0.25, 0.3) is 0 Å². The number of nitrogens with one attached hydrogen (secondary N) is 1. The molecule has 0 aliphatic carbocycles. The largest absolute Gasteiger partial charge is 0.325 e. The van der Waals surface area contributed by atoms with Crippen LogP contribution in [0.2, 0.25) is 10.0 Å². The first kappa shape index (κ1) is 24.0. The van der Waals surface area contributed by atoms with E-state index < -0.39 is 15.9 Å². The molecule has 1 N–H and O–H groups in total. The highest BCUT2D eigenvalue weighted by atomic mass is 127. The molecule has 162 valence electrons. The topological polar surface area (TPSA) is 66.5 Å². The van der Waals surface area contributed by atoms with Crippen molar-refractivity contribution in [2.75, 3.05) is 11.9 Å². The number of carbonyl (C=O) groups is 1. The minimum atomic E-state index is -3.94. The number of anilines is 1. The molecule has 0 radical (unpaired) electrons. The molecule has 0 unspecified atom stereocenters. The van der Waals surface area contributed by atoms with E-state index >= 15 is 0 Å². The van der Waals surface area contributed by atoms with Crippen LogP contribution in [0.15, 0.2) is 71.6 Å². The number of sulfonamides is 1. The fourth-order valence-corrected chi connectivity index (χ4v) is 4.89. The summed E-state index contributed by atoms with van der Waals surface area (Å²) >= 11 is 14.2. The van der Waals surface area contributed by atoms with Crippen molar-refractivity contribution < 1.29 is 13.2 Å². The van der Waals surface area contributed by atoms with E-state index in [0.717, 1.165) is 13.4 Å². The van der Waals surface area contributed by atoms with Gasteiger partial charge in [-0.15, -0.1) is 0 Å². The standard InChI is InChI=1S/C22H19Cl2IN2O3S/c1-15-2-9-19(10-3-15)31(29,30)27(13-16-4-11-20(23)21(24)12-16)14-22(28)26-18-7-5-17(25)6-8-18/h2-12H,13-14H2,1H3,(H,26,28). The summed E-state index contributed by atoms with van der Waals surface area (Å²) in [7, 11) is -3.94. The molecule has 0 aliphatic heterocycles. The van der Waals surface area contributed by atoms with Crippen LogP contribution in [0.5, 0.6) is 0 Å². The Balaban J connectivity index is 1.88. The maximum Gasteiger partial charge on any atom is 0.243 e. The smallest absolute Gasteiger partial charge is 0.243 e. The van der Waals surface area contributed by atoms with Gasteiger partial charge in [-0.3, -0.25) is 4.79 Å². The molecular weight excluding hydrogens is 570 g/mol. The van der Waals surface area contributed by atoms with E-state index in [1.807, 2.05) is 19.1 Å². The fraction of sp³-hybridized carbons (Fsp3) is 0.136. The molecule has 0 atom stereocenters. The second-order valence-corrected chi connectivity index (χ2v) is 10.9. The van der Waals surface area contributed by atoms with E-state index in [1.165, 1.54) is 12.1 Å². The molecule has 3 aromatic rings. The molecule has 5 nitrogen and oxygen atoms in total. The van der Waals surface area contributed by atoms with Crippen LogP contribution in [-0.4, -0.2) is 25.2 Å². The molecule has 0 bridgehead atoms. The van der Waals surface area contributed by atoms with Gasteiger partial charge in [0.05, 0.1) is 21.5 Å². The van der Waals surface area contributed by atoms with Crippen LogP contribution in [0, 0.1) is 10.5 Å². The van der Waals surface area contributed by atoms with Gasteiger partial charge in [-0.05, 0) is 83.6 Å². The second-order valence-electron chi connectivity index (χ2n) is 6.89. The Hall–Kier alpha value is -1.65. The van der Waals surface area contributed by atoms with E-state index in [9.17, 15) is 13.2 Å². The summed E-state index contributed by atoms with van der Waals surface area (Å²) in [6, 6.07) is 18.6. The predicted molar refractivity (Wildman–Crippen MR) is 133 cm³/mol. The Bertz CT molecular complexity index is 1180.